The second-order valence-electron chi connectivity index (χ2n) is 2.58. The second kappa shape index (κ2) is 4.94. The maximum absolute atomic E-state index is 11.6. The van der Waals surface area contributed by atoms with E-state index in [2.05, 4.69) is 10.6 Å². The predicted molar refractivity (Wildman–Crippen MR) is 57.7 cm³/mol. The Bertz CT molecular complexity index is 517. The molecule has 15 heavy (non-hydrogen) atoms. The van der Waals surface area contributed by atoms with Crippen molar-refractivity contribution in [1.82, 2.24) is 4.72 Å². The van der Waals surface area contributed by atoms with Crippen molar-refractivity contribution < 1.29 is 8.42 Å². The maximum atomic E-state index is 11.6. The van der Waals surface area contributed by atoms with Crippen LogP contribution in [0.15, 0.2) is 16.3 Å². The maximum Gasteiger partial charge on any atom is 0.250 e. The third kappa shape index (κ3) is 3.07. The van der Waals surface area contributed by atoms with Gasteiger partial charge < -0.3 is 0 Å². The van der Waals surface area contributed by atoms with Crippen LogP contribution < -0.4 is 4.72 Å². The molecule has 1 aromatic heterocycles. The van der Waals surface area contributed by atoms with Crippen molar-refractivity contribution in [2.45, 2.75) is 10.6 Å². The van der Waals surface area contributed by atoms with Gasteiger partial charge in [-0.05, 0) is 12.1 Å². The first-order valence-corrected chi connectivity index (χ1v) is 6.33. The summed E-state index contributed by atoms with van der Waals surface area (Å²) in [6.07, 6.45) is 5.34. The Balaban J connectivity index is 2.79. The minimum Gasteiger partial charge on any atom is -0.209 e. The fourth-order valence-corrected chi connectivity index (χ4v) is 3.03. The molecular weight excluding hydrogens is 232 g/mol. The Morgan fingerprint density at radius 3 is 2.80 bits per heavy atom. The van der Waals surface area contributed by atoms with E-state index in [4.69, 9.17) is 11.7 Å². The minimum atomic E-state index is -3.50. The van der Waals surface area contributed by atoms with Crippen LogP contribution in [-0.2, 0) is 10.0 Å². The summed E-state index contributed by atoms with van der Waals surface area (Å²) in [5.74, 6) is 2.33. The van der Waals surface area contributed by atoms with E-state index in [1.54, 1.807) is 0 Å². The van der Waals surface area contributed by atoms with Gasteiger partial charge in [0.2, 0.25) is 10.0 Å². The first-order chi connectivity index (χ1) is 7.10. The van der Waals surface area contributed by atoms with E-state index in [1.807, 2.05) is 6.07 Å². The number of rotatable bonds is 4. The molecule has 0 saturated heterocycles. The molecular formula is C9H8N2O2S2. The van der Waals surface area contributed by atoms with Crippen LogP contribution in [0.2, 0.25) is 0 Å². The molecule has 0 bridgehead atoms. The molecule has 0 amide bonds. The van der Waals surface area contributed by atoms with E-state index in [-0.39, 0.29) is 10.8 Å². The molecule has 0 spiro atoms. The van der Waals surface area contributed by atoms with Gasteiger partial charge in [-0.1, -0.05) is 0 Å². The molecule has 0 aliphatic heterocycles. The monoisotopic (exact) mass is 240 g/mol. The minimum absolute atomic E-state index is 0.135. The second-order valence-corrected chi connectivity index (χ2v) is 5.66. The Kier molecular flexibility index (Phi) is 3.87. The van der Waals surface area contributed by atoms with Gasteiger partial charge in [0, 0.05) is 13.0 Å². The predicted octanol–water partition coefficient (Wildman–Crippen LogP) is 0.921. The number of nitrogens with one attached hydrogen (secondary N) is 1. The van der Waals surface area contributed by atoms with Gasteiger partial charge in [0.25, 0.3) is 0 Å². The van der Waals surface area contributed by atoms with Gasteiger partial charge in [-0.25, -0.2) is 13.1 Å². The van der Waals surface area contributed by atoms with Crippen molar-refractivity contribution in [3.63, 3.8) is 0 Å². The molecule has 0 aliphatic carbocycles. The number of nitrogens with zero attached hydrogens (tertiary/aromatic N) is 1. The average Bonchev–Trinajstić information content (AvgIpc) is 2.66. The molecule has 0 fully saturated rings. The number of hydrogen-bond donors (Lipinski definition) is 1. The van der Waals surface area contributed by atoms with Gasteiger partial charge in [-0.15, -0.1) is 23.7 Å². The van der Waals surface area contributed by atoms with Gasteiger partial charge in [0.05, 0.1) is 0 Å². The van der Waals surface area contributed by atoms with Crippen molar-refractivity contribution >= 4 is 21.4 Å². The lowest BCUT2D eigenvalue weighted by Gasteiger charge is -2.00. The Morgan fingerprint density at radius 1 is 1.53 bits per heavy atom. The third-order valence-corrected chi connectivity index (χ3v) is 4.46. The molecule has 0 aliphatic rings. The summed E-state index contributed by atoms with van der Waals surface area (Å²) in [5.41, 5.74) is 0. The van der Waals surface area contributed by atoms with E-state index in [1.165, 1.54) is 12.1 Å². The molecule has 78 valence electrons. The Morgan fingerprint density at radius 2 is 2.27 bits per heavy atom. The lowest BCUT2D eigenvalue weighted by Crippen LogP contribution is -2.23. The largest absolute Gasteiger partial charge is 0.250 e. The van der Waals surface area contributed by atoms with Crippen LogP contribution in [0.5, 0.6) is 0 Å². The summed E-state index contributed by atoms with van der Waals surface area (Å²) < 4.78 is 25.6. The Hall–Kier alpha value is -1.34. The number of thiophene rings is 1. The number of terminal acetylenes is 1. The van der Waals surface area contributed by atoms with Crippen LogP contribution in [0.4, 0.5) is 0 Å². The molecule has 4 nitrogen and oxygen atoms in total. The smallest absolute Gasteiger partial charge is 0.209 e. The third-order valence-electron chi connectivity index (χ3n) is 1.52. The normalized spacial score (nSPS) is 10.5. The van der Waals surface area contributed by atoms with E-state index < -0.39 is 10.0 Å². The van der Waals surface area contributed by atoms with Crippen molar-refractivity contribution in [3.8, 4) is 18.4 Å². The zero-order valence-corrected chi connectivity index (χ0v) is 9.36. The van der Waals surface area contributed by atoms with Gasteiger partial charge in [0.15, 0.2) is 0 Å². The fourth-order valence-electron chi connectivity index (χ4n) is 0.853. The van der Waals surface area contributed by atoms with E-state index in [0.29, 0.717) is 11.3 Å². The fraction of sp³-hybridized carbons (Fsp3) is 0.222. The molecule has 0 atom stereocenters. The molecule has 0 radical (unpaired) electrons. The lowest BCUT2D eigenvalue weighted by atomic mass is 10.5. The molecule has 1 heterocycles. The zero-order chi connectivity index (χ0) is 11.3. The first-order valence-electron chi connectivity index (χ1n) is 4.03. The molecule has 1 rings (SSSR count). The highest BCUT2D eigenvalue weighted by molar-refractivity contribution is 7.91. The summed E-state index contributed by atoms with van der Waals surface area (Å²) >= 11 is 0.935. The van der Waals surface area contributed by atoms with Gasteiger partial charge >= 0.3 is 0 Å². The highest BCUT2D eigenvalue weighted by Crippen LogP contribution is 2.20. The van der Waals surface area contributed by atoms with Crippen molar-refractivity contribution in [1.29, 1.82) is 5.26 Å². The number of nitriles is 1. The average molecular weight is 240 g/mol. The van der Waals surface area contributed by atoms with Crippen molar-refractivity contribution in [2.75, 3.05) is 6.54 Å². The summed E-state index contributed by atoms with van der Waals surface area (Å²) in [6, 6.07) is 4.76. The standard InChI is InChI=1S/C9H8N2O2S2/c1-2-3-6-11-15(12,13)9-5-4-8(7-10)14-9/h1,4-5,11H,3,6H2. The molecule has 1 N–H and O–H groups in total. The number of sulfonamides is 1. The first kappa shape index (κ1) is 11.7. The molecule has 6 heteroatoms. The Labute approximate surface area is 92.6 Å². The van der Waals surface area contributed by atoms with Crippen LogP contribution in [0.25, 0.3) is 0 Å². The molecule has 0 unspecified atom stereocenters. The van der Waals surface area contributed by atoms with E-state index in [0.717, 1.165) is 11.3 Å². The highest BCUT2D eigenvalue weighted by Gasteiger charge is 2.15. The van der Waals surface area contributed by atoms with Crippen LogP contribution >= 0.6 is 11.3 Å². The lowest BCUT2D eigenvalue weighted by molar-refractivity contribution is 0.584. The molecule has 0 aromatic carbocycles. The molecule has 0 saturated carbocycles. The summed E-state index contributed by atoms with van der Waals surface area (Å²) in [6.45, 7) is 0.207. The van der Waals surface area contributed by atoms with Crippen molar-refractivity contribution in [2.24, 2.45) is 0 Å². The van der Waals surface area contributed by atoms with Crippen LogP contribution in [0, 0.1) is 23.7 Å². The number of hydrogen-bond acceptors (Lipinski definition) is 4. The van der Waals surface area contributed by atoms with Gasteiger partial charge in [-0.3, -0.25) is 0 Å². The zero-order valence-electron chi connectivity index (χ0n) is 7.73. The molecule has 1 aromatic rings. The van der Waals surface area contributed by atoms with Gasteiger partial charge in [0.1, 0.15) is 15.2 Å². The highest BCUT2D eigenvalue weighted by atomic mass is 32.2. The van der Waals surface area contributed by atoms with Crippen LogP contribution in [0.3, 0.4) is 0 Å². The van der Waals surface area contributed by atoms with Crippen LogP contribution in [0.1, 0.15) is 11.3 Å². The van der Waals surface area contributed by atoms with Crippen molar-refractivity contribution in [3.05, 3.63) is 17.0 Å². The topological polar surface area (TPSA) is 70.0 Å². The summed E-state index contributed by atoms with van der Waals surface area (Å²) in [4.78, 5) is 0.368. The summed E-state index contributed by atoms with van der Waals surface area (Å²) in [5, 5.41) is 8.55. The quantitative estimate of drug-likeness (QED) is 0.628. The van der Waals surface area contributed by atoms with Crippen LogP contribution in [-0.4, -0.2) is 15.0 Å². The van der Waals surface area contributed by atoms with Gasteiger partial charge in [-0.2, -0.15) is 5.26 Å². The summed E-state index contributed by atoms with van der Waals surface area (Å²) in [7, 11) is -3.50. The SMILES string of the molecule is C#CCCNS(=O)(=O)c1ccc(C#N)s1. The van der Waals surface area contributed by atoms with E-state index in [9.17, 15) is 8.42 Å². The van der Waals surface area contributed by atoms with E-state index >= 15 is 0 Å².